The number of rotatable bonds is 7. The zero-order valence-electron chi connectivity index (χ0n) is 32.1. The smallest absolute Gasteiger partial charge is 0.388 e. The molecule has 4 aliphatic rings. The first kappa shape index (κ1) is 39.6. The quantitative estimate of drug-likeness (QED) is 0.242. The molecule has 55 heavy (non-hydrogen) atoms. The number of aliphatic hydroxyl groups excluding tert-OH is 1. The van der Waals surface area contributed by atoms with Gasteiger partial charge >= 0.3 is 6.18 Å². The van der Waals surface area contributed by atoms with Gasteiger partial charge in [0, 0.05) is 85.4 Å². The second-order valence-corrected chi connectivity index (χ2v) is 17.0. The number of benzene rings is 1. The third kappa shape index (κ3) is 8.54. The molecule has 0 unspecified atom stereocenters. The molecular formula is C43H53F6N5O. The summed E-state index contributed by atoms with van der Waals surface area (Å²) in [7, 11) is 0. The molecule has 7 rings (SSSR count). The number of allylic oxidation sites excluding steroid dienone is 1. The fraction of sp³-hybridized carbons (Fsp3) is 0.605. The maximum atomic E-state index is 17.4. The molecule has 2 aliphatic heterocycles. The van der Waals surface area contributed by atoms with Gasteiger partial charge in [-0.25, -0.2) is 23.1 Å². The average Bonchev–Trinajstić information content (AvgIpc) is 3.43. The zero-order chi connectivity index (χ0) is 39.1. The minimum absolute atomic E-state index is 0.0376. The Kier molecular flexibility index (Phi) is 11.3. The zero-order valence-corrected chi connectivity index (χ0v) is 32.1. The van der Waals surface area contributed by atoms with Crippen molar-refractivity contribution in [1.29, 1.82) is 0 Å². The van der Waals surface area contributed by atoms with Crippen LogP contribution in [-0.2, 0) is 12.6 Å². The molecule has 2 aromatic heterocycles. The highest BCUT2D eigenvalue weighted by Gasteiger charge is 2.44. The number of piperidine rings is 1. The van der Waals surface area contributed by atoms with Crippen molar-refractivity contribution < 1.29 is 31.4 Å². The van der Waals surface area contributed by atoms with Crippen LogP contribution in [0, 0.1) is 5.41 Å². The van der Waals surface area contributed by atoms with Gasteiger partial charge in [-0.3, -0.25) is 4.98 Å². The van der Waals surface area contributed by atoms with E-state index in [9.17, 15) is 27.1 Å². The van der Waals surface area contributed by atoms with E-state index in [1.54, 1.807) is 0 Å². The van der Waals surface area contributed by atoms with E-state index in [0.717, 1.165) is 61.5 Å². The molecule has 0 radical (unpaired) electrons. The maximum absolute atomic E-state index is 17.4. The number of halogens is 6. The van der Waals surface area contributed by atoms with Gasteiger partial charge in [0.15, 0.2) is 6.17 Å². The van der Waals surface area contributed by atoms with E-state index in [2.05, 4.69) is 15.9 Å². The van der Waals surface area contributed by atoms with Crippen LogP contribution in [0.2, 0.25) is 0 Å². The lowest BCUT2D eigenvalue weighted by Gasteiger charge is -2.41. The van der Waals surface area contributed by atoms with Crippen LogP contribution in [0.5, 0.6) is 0 Å². The van der Waals surface area contributed by atoms with Crippen LogP contribution >= 0.6 is 0 Å². The molecule has 3 fully saturated rings. The Bertz CT molecular complexity index is 1820. The molecule has 0 bridgehead atoms. The van der Waals surface area contributed by atoms with E-state index in [1.807, 2.05) is 33.2 Å². The number of hydrogen-bond donors (Lipinski definition) is 1. The summed E-state index contributed by atoms with van der Waals surface area (Å²) >= 11 is 0. The largest absolute Gasteiger partial charge is 0.416 e. The Balaban J connectivity index is 1.23. The van der Waals surface area contributed by atoms with Gasteiger partial charge in [0.2, 0.25) is 11.9 Å². The van der Waals surface area contributed by atoms with Crippen LogP contribution in [0.1, 0.15) is 160 Å². The summed E-state index contributed by atoms with van der Waals surface area (Å²) in [5, 5.41) is 11.7. The number of anilines is 1. The maximum Gasteiger partial charge on any atom is 0.416 e. The summed E-state index contributed by atoms with van der Waals surface area (Å²) in [4.78, 5) is 19.2. The second kappa shape index (κ2) is 15.7. The summed E-state index contributed by atoms with van der Waals surface area (Å²) < 4.78 is 87.0. The Labute approximate surface area is 320 Å². The van der Waals surface area contributed by atoms with Crippen molar-refractivity contribution in [2.45, 2.75) is 134 Å². The van der Waals surface area contributed by atoms with Gasteiger partial charge in [-0.15, -0.1) is 0 Å². The molecular weight excluding hydrogens is 716 g/mol. The number of aromatic nitrogens is 3. The third-order valence-electron chi connectivity index (χ3n) is 12.4. The van der Waals surface area contributed by atoms with E-state index in [1.165, 1.54) is 12.8 Å². The number of pyridine rings is 1. The standard InChI is InChI=1S/C43H53F6N5O/c1-4-33(53-19-7-5-6-8-20-53)30-25-50-40(51-26-30)54-21-15-29(16-22-54)39-37(38(44)28-9-11-31(12-10-28)43(47,48)49)35(27-13-17-42(45,46)18-14-27)36-32(52-39)23-41(2,3)24-34(36)55/h4,9-12,25-27,29,34,38,55H,5-8,13-24H2,1-3H3/t34-,38-/m0/s1. The van der Waals surface area contributed by atoms with Crippen LogP contribution in [0.15, 0.2) is 42.7 Å². The fourth-order valence-corrected chi connectivity index (χ4v) is 9.53. The van der Waals surface area contributed by atoms with Crippen molar-refractivity contribution in [2.24, 2.45) is 5.41 Å². The normalized spacial score (nSPS) is 23.3. The molecule has 3 aromatic rings. The van der Waals surface area contributed by atoms with Crippen molar-refractivity contribution in [1.82, 2.24) is 19.9 Å². The van der Waals surface area contributed by atoms with Crippen LogP contribution in [0.4, 0.5) is 32.3 Å². The minimum Gasteiger partial charge on any atom is -0.388 e. The molecule has 6 nitrogen and oxygen atoms in total. The first-order valence-electron chi connectivity index (χ1n) is 20.1. The summed E-state index contributed by atoms with van der Waals surface area (Å²) in [5.74, 6) is -2.89. The predicted molar refractivity (Wildman–Crippen MR) is 202 cm³/mol. The molecule has 0 amide bonds. The number of hydrogen-bond acceptors (Lipinski definition) is 6. The topological polar surface area (TPSA) is 65.4 Å². The molecule has 12 heteroatoms. The van der Waals surface area contributed by atoms with E-state index in [0.29, 0.717) is 67.2 Å². The number of alkyl halides is 6. The van der Waals surface area contributed by atoms with Crippen molar-refractivity contribution >= 4 is 11.6 Å². The molecule has 2 saturated heterocycles. The van der Waals surface area contributed by atoms with Gasteiger partial charge in [0.25, 0.3) is 0 Å². The summed E-state index contributed by atoms with van der Waals surface area (Å²) in [6.07, 6.45) is 4.89. The highest BCUT2D eigenvalue weighted by atomic mass is 19.4. The third-order valence-corrected chi connectivity index (χ3v) is 12.4. The summed E-state index contributed by atoms with van der Waals surface area (Å²) in [6.45, 7) is 9.30. The monoisotopic (exact) mass is 769 g/mol. The van der Waals surface area contributed by atoms with Gasteiger partial charge < -0.3 is 14.9 Å². The Morgan fingerprint density at radius 3 is 2.07 bits per heavy atom. The van der Waals surface area contributed by atoms with Crippen LogP contribution in [0.3, 0.4) is 0 Å². The highest BCUT2D eigenvalue weighted by Crippen LogP contribution is 2.52. The molecule has 1 saturated carbocycles. The lowest BCUT2D eigenvalue weighted by molar-refractivity contribution is -0.137. The lowest BCUT2D eigenvalue weighted by atomic mass is 9.68. The number of nitrogens with zero attached hydrogens (tertiary/aromatic N) is 5. The number of fused-ring (bicyclic) bond motifs is 1. The Hall–Kier alpha value is -3.67. The van der Waals surface area contributed by atoms with E-state index in [4.69, 9.17) is 15.0 Å². The summed E-state index contributed by atoms with van der Waals surface area (Å²) in [5.41, 5.74) is 3.45. The van der Waals surface area contributed by atoms with Gasteiger partial charge in [-0.2, -0.15) is 13.2 Å². The van der Waals surface area contributed by atoms with Crippen molar-refractivity contribution in [3.8, 4) is 0 Å². The van der Waals surface area contributed by atoms with Crippen molar-refractivity contribution in [3.63, 3.8) is 0 Å². The molecule has 0 spiro atoms. The van der Waals surface area contributed by atoms with E-state index < -0.39 is 35.9 Å². The van der Waals surface area contributed by atoms with Crippen LogP contribution in [0.25, 0.3) is 5.70 Å². The Morgan fingerprint density at radius 1 is 0.873 bits per heavy atom. The SMILES string of the molecule is CC=C(c1cnc(N2CCC(c3nc4c(c(C5CCC(F)(F)CC5)c3[C@@H](F)c3ccc(C(F)(F)F)cc3)[C@@H](O)CC(C)(C)C4)CC2)nc1)N1CCCCCC1. The molecule has 298 valence electrons. The molecule has 2 aliphatic carbocycles. The second-order valence-electron chi connectivity index (χ2n) is 17.0. The predicted octanol–water partition coefficient (Wildman–Crippen LogP) is 10.9. The molecule has 2 atom stereocenters. The molecule has 4 heterocycles. The van der Waals surface area contributed by atoms with E-state index in [-0.39, 0.29) is 48.1 Å². The van der Waals surface area contributed by atoms with Gasteiger partial charge in [-0.1, -0.05) is 44.9 Å². The van der Waals surface area contributed by atoms with Gasteiger partial charge in [-0.05, 0) is 92.9 Å². The van der Waals surface area contributed by atoms with E-state index >= 15 is 4.39 Å². The lowest BCUT2D eigenvalue weighted by Crippen LogP contribution is -2.36. The van der Waals surface area contributed by atoms with Crippen LogP contribution in [-0.4, -0.2) is 57.1 Å². The first-order chi connectivity index (χ1) is 26.1. The minimum atomic E-state index is -4.59. The van der Waals surface area contributed by atoms with Crippen molar-refractivity contribution in [2.75, 3.05) is 31.1 Å². The number of likely N-dealkylation sites (tertiary alicyclic amines) is 1. The fourth-order valence-electron chi connectivity index (χ4n) is 9.53. The first-order valence-corrected chi connectivity index (χ1v) is 20.1. The molecule has 1 aromatic carbocycles. The number of aliphatic hydroxyl groups is 1. The molecule has 1 N–H and O–H groups in total. The average molecular weight is 770 g/mol. The van der Waals surface area contributed by atoms with Crippen LogP contribution < -0.4 is 4.90 Å². The Morgan fingerprint density at radius 2 is 1.49 bits per heavy atom. The van der Waals surface area contributed by atoms with Gasteiger partial charge in [0.05, 0.1) is 17.4 Å². The van der Waals surface area contributed by atoms with Gasteiger partial charge in [0.1, 0.15) is 0 Å². The summed E-state index contributed by atoms with van der Waals surface area (Å²) in [6, 6.07) is 4.07. The highest BCUT2D eigenvalue weighted by molar-refractivity contribution is 5.63. The van der Waals surface area contributed by atoms with Crippen molar-refractivity contribution in [3.05, 3.63) is 87.5 Å².